The largest absolute Gasteiger partial charge is 0.481 e. The number of carbonyl (C=O) groups excluding carboxylic acids is 1. The van der Waals surface area contributed by atoms with Crippen molar-refractivity contribution in [2.45, 2.75) is 59.0 Å². The normalized spacial score (nSPS) is 27.1. The van der Waals surface area contributed by atoms with Gasteiger partial charge in [0.25, 0.3) is 0 Å². The Hall–Kier alpha value is -1.10. The highest BCUT2D eigenvalue weighted by atomic mass is 16.5. The van der Waals surface area contributed by atoms with Crippen molar-refractivity contribution >= 4 is 11.9 Å². The first-order valence-corrected chi connectivity index (χ1v) is 8.40. The molecule has 0 saturated carbocycles. The maximum absolute atomic E-state index is 12.2. The Labute approximate surface area is 133 Å². The highest BCUT2D eigenvalue weighted by Gasteiger charge is 2.40. The molecule has 0 aromatic rings. The van der Waals surface area contributed by atoms with Gasteiger partial charge in [-0.3, -0.25) is 9.59 Å². The van der Waals surface area contributed by atoms with E-state index in [1.54, 1.807) is 0 Å². The molecule has 5 nitrogen and oxygen atoms in total. The van der Waals surface area contributed by atoms with Gasteiger partial charge in [0.2, 0.25) is 5.91 Å². The van der Waals surface area contributed by atoms with Gasteiger partial charge < -0.3 is 14.7 Å². The van der Waals surface area contributed by atoms with E-state index in [4.69, 9.17) is 4.74 Å². The summed E-state index contributed by atoms with van der Waals surface area (Å²) in [4.78, 5) is 25.4. The van der Waals surface area contributed by atoms with Crippen molar-refractivity contribution in [3.05, 3.63) is 0 Å². The predicted octanol–water partition coefficient (Wildman–Crippen LogP) is 2.54. The van der Waals surface area contributed by atoms with Gasteiger partial charge in [0.15, 0.2) is 0 Å². The minimum Gasteiger partial charge on any atom is -0.481 e. The zero-order chi connectivity index (χ0) is 16.3. The van der Waals surface area contributed by atoms with E-state index in [1.807, 2.05) is 4.90 Å². The number of amides is 1. The molecule has 1 N–H and O–H groups in total. The number of carboxylic acid groups (broad SMARTS) is 1. The van der Waals surface area contributed by atoms with E-state index >= 15 is 0 Å². The van der Waals surface area contributed by atoms with E-state index in [0.29, 0.717) is 19.4 Å². The quantitative estimate of drug-likeness (QED) is 0.866. The van der Waals surface area contributed by atoms with Crippen LogP contribution in [0.3, 0.4) is 0 Å². The number of hydrogen-bond acceptors (Lipinski definition) is 3. The van der Waals surface area contributed by atoms with Crippen LogP contribution in [0.2, 0.25) is 0 Å². The summed E-state index contributed by atoms with van der Waals surface area (Å²) in [5, 5.41) is 9.26. The molecule has 22 heavy (non-hydrogen) atoms. The van der Waals surface area contributed by atoms with E-state index in [0.717, 1.165) is 32.4 Å². The summed E-state index contributed by atoms with van der Waals surface area (Å²) < 4.78 is 5.67. The van der Waals surface area contributed by atoms with Crippen molar-refractivity contribution in [1.82, 2.24) is 4.90 Å². The molecular weight excluding hydrogens is 282 g/mol. The van der Waals surface area contributed by atoms with Crippen LogP contribution in [0.1, 0.15) is 52.9 Å². The molecule has 0 radical (unpaired) electrons. The van der Waals surface area contributed by atoms with Gasteiger partial charge in [-0.25, -0.2) is 0 Å². The first-order chi connectivity index (χ1) is 10.3. The summed E-state index contributed by atoms with van der Waals surface area (Å²) >= 11 is 0. The van der Waals surface area contributed by atoms with Gasteiger partial charge in [0, 0.05) is 26.1 Å². The monoisotopic (exact) mass is 311 g/mol. The lowest BCUT2D eigenvalue weighted by atomic mass is 9.84. The number of aliphatic carboxylic acids is 1. The molecule has 0 aromatic carbocycles. The number of hydrogen-bond donors (Lipinski definition) is 1. The Morgan fingerprint density at radius 1 is 1.18 bits per heavy atom. The average Bonchev–Trinajstić information content (AvgIpc) is 2.94. The van der Waals surface area contributed by atoms with Crippen LogP contribution < -0.4 is 0 Å². The Balaban J connectivity index is 1.80. The van der Waals surface area contributed by atoms with E-state index in [2.05, 4.69) is 20.8 Å². The number of carboxylic acids is 1. The van der Waals surface area contributed by atoms with Crippen LogP contribution in [0.5, 0.6) is 0 Å². The standard InChI is InChI=1S/C17H29NO4/c1-17(2,3)8-4-14(19)18-9-5-12(6-10-18)15-13(16(20)21)7-11-22-15/h12-13,15H,4-11H2,1-3H3,(H,20,21)/t13?,15-/m0/s1. The highest BCUT2D eigenvalue weighted by molar-refractivity contribution is 5.76. The van der Waals surface area contributed by atoms with Crippen molar-refractivity contribution in [2.75, 3.05) is 19.7 Å². The lowest BCUT2D eigenvalue weighted by Crippen LogP contribution is -2.43. The molecule has 2 saturated heterocycles. The fraction of sp³-hybridized carbons (Fsp3) is 0.882. The van der Waals surface area contributed by atoms with Crippen LogP contribution in [0, 0.1) is 17.3 Å². The summed E-state index contributed by atoms with van der Waals surface area (Å²) in [6.07, 6.45) is 3.67. The molecule has 2 atom stereocenters. The molecule has 0 aromatic heterocycles. The second kappa shape index (κ2) is 6.99. The van der Waals surface area contributed by atoms with Crippen molar-refractivity contribution in [3.63, 3.8) is 0 Å². The number of carbonyl (C=O) groups is 2. The van der Waals surface area contributed by atoms with E-state index in [9.17, 15) is 14.7 Å². The van der Waals surface area contributed by atoms with Gasteiger partial charge in [-0.15, -0.1) is 0 Å². The minimum absolute atomic E-state index is 0.163. The van der Waals surface area contributed by atoms with Gasteiger partial charge >= 0.3 is 5.97 Å². The maximum Gasteiger partial charge on any atom is 0.309 e. The van der Waals surface area contributed by atoms with Crippen LogP contribution in [-0.4, -0.2) is 47.7 Å². The predicted molar refractivity (Wildman–Crippen MR) is 83.5 cm³/mol. The first-order valence-electron chi connectivity index (χ1n) is 8.40. The Bertz CT molecular complexity index is 407. The average molecular weight is 311 g/mol. The smallest absolute Gasteiger partial charge is 0.309 e. The maximum atomic E-state index is 12.2. The SMILES string of the molecule is CC(C)(C)CCC(=O)N1CCC([C@@H]2OCCC2C(=O)O)CC1. The molecule has 0 aliphatic carbocycles. The third kappa shape index (κ3) is 4.45. The molecule has 1 amide bonds. The molecule has 2 heterocycles. The van der Waals surface area contributed by atoms with Crippen LogP contribution in [0.25, 0.3) is 0 Å². The number of piperidine rings is 1. The summed E-state index contributed by atoms with van der Waals surface area (Å²) in [5.41, 5.74) is 0.181. The topological polar surface area (TPSA) is 66.8 Å². The minimum atomic E-state index is -0.744. The van der Waals surface area contributed by atoms with Crippen LogP contribution in [-0.2, 0) is 14.3 Å². The number of nitrogens with zero attached hydrogens (tertiary/aromatic N) is 1. The highest BCUT2D eigenvalue weighted by Crippen LogP contribution is 2.33. The zero-order valence-corrected chi connectivity index (χ0v) is 14.0. The summed E-state index contributed by atoms with van der Waals surface area (Å²) in [7, 11) is 0. The fourth-order valence-corrected chi connectivity index (χ4v) is 3.46. The van der Waals surface area contributed by atoms with Gasteiger partial charge in [-0.2, -0.15) is 0 Å². The molecule has 5 heteroatoms. The fourth-order valence-electron chi connectivity index (χ4n) is 3.46. The van der Waals surface area contributed by atoms with Gasteiger partial charge in [0.05, 0.1) is 12.0 Å². The third-order valence-corrected chi connectivity index (χ3v) is 4.90. The van der Waals surface area contributed by atoms with Gasteiger partial charge in [-0.1, -0.05) is 20.8 Å². The van der Waals surface area contributed by atoms with Crippen molar-refractivity contribution in [3.8, 4) is 0 Å². The Kier molecular flexibility index (Phi) is 5.48. The molecule has 2 aliphatic heterocycles. The van der Waals surface area contributed by atoms with Gasteiger partial charge in [0.1, 0.15) is 0 Å². The van der Waals surface area contributed by atoms with Crippen molar-refractivity contribution < 1.29 is 19.4 Å². The van der Waals surface area contributed by atoms with E-state index in [-0.39, 0.29) is 29.3 Å². The van der Waals surface area contributed by atoms with Gasteiger partial charge in [-0.05, 0) is 37.0 Å². The molecule has 126 valence electrons. The van der Waals surface area contributed by atoms with Crippen molar-refractivity contribution in [1.29, 1.82) is 0 Å². The van der Waals surface area contributed by atoms with E-state index < -0.39 is 5.97 Å². The second-order valence-electron chi connectivity index (χ2n) is 7.85. The third-order valence-electron chi connectivity index (χ3n) is 4.90. The second-order valence-corrected chi connectivity index (χ2v) is 7.85. The number of likely N-dealkylation sites (tertiary alicyclic amines) is 1. The molecule has 1 unspecified atom stereocenters. The zero-order valence-electron chi connectivity index (χ0n) is 14.0. The molecule has 2 rings (SSSR count). The lowest BCUT2D eigenvalue weighted by Gasteiger charge is -2.36. The Morgan fingerprint density at radius 2 is 1.82 bits per heavy atom. The molecule has 0 spiro atoms. The van der Waals surface area contributed by atoms with E-state index in [1.165, 1.54) is 0 Å². The van der Waals surface area contributed by atoms with Crippen LogP contribution in [0.15, 0.2) is 0 Å². The molecular formula is C17H29NO4. The summed E-state index contributed by atoms with van der Waals surface area (Å²) in [6.45, 7) is 8.47. The summed E-state index contributed by atoms with van der Waals surface area (Å²) in [6, 6.07) is 0. The number of rotatable bonds is 4. The molecule has 2 fully saturated rings. The Morgan fingerprint density at radius 3 is 2.36 bits per heavy atom. The van der Waals surface area contributed by atoms with Crippen LogP contribution >= 0.6 is 0 Å². The summed E-state index contributed by atoms with van der Waals surface area (Å²) in [5.74, 6) is -0.606. The first kappa shape index (κ1) is 17.3. The molecule has 0 bridgehead atoms. The lowest BCUT2D eigenvalue weighted by molar-refractivity contribution is -0.146. The van der Waals surface area contributed by atoms with Crippen molar-refractivity contribution in [2.24, 2.45) is 17.3 Å². The molecule has 2 aliphatic rings. The number of ether oxygens (including phenoxy) is 1. The van der Waals surface area contributed by atoms with Crippen LogP contribution in [0.4, 0.5) is 0 Å².